The van der Waals surface area contributed by atoms with Gasteiger partial charge in [-0.1, -0.05) is 17.7 Å². The first kappa shape index (κ1) is 23.9. The smallest absolute Gasteiger partial charge is 0.372 e. The number of hydrogen-bond acceptors (Lipinski definition) is 4. The highest BCUT2D eigenvalue weighted by Crippen LogP contribution is 2.27. The number of anilines is 1. The quantitative estimate of drug-likeness (QED) is 0.629. The third-order valence-corrected chi connectivity index (χ3v) is 5.34. The minimum Gasteiger partial charge on any atom is -0.372 e. The molecule has 29 heavy (non-hydrogen) atoms. The van der Waals surface area contributed by atoms with Gasteiger partial charge in [-0.25, -0.2) is 0 Å². The monoisotopic (exact) mass is 435 g/mol. The summed E-state index contributed by atoms with van der Waals surface area (Å²) in [6.45, 7) is 8.29. The van der Waals surface area contributed by atoms with E-state index in [1.54, 1.807) is 0 Å². The van der Waals surface area contributed by atoms with E-state index in [0.29, 0.717) is 23.7 Å². The molecule has 0 radical (unpaired) electrons. The zero-order valence-electron chi connectivity index (χ0n) is 17.1. The average Bonchev–Trinajstić information content (AvgIpc) is 2.63. The second-order valence-electron chi connectivity index (χ2n) is 7.50. The Balaban J connectivity index is 1.74. The summed E-state index contributed by atoms with van der Waals surface area (Å²) in [6.07, 6.45) is -3.72. The molecule has 1 amide bonds. The molecule has 0 saturated carbocycles. The molecular weight excluding hydrogens is 407 g/mol. The lowest BCUT2D eigenvalue weighted by Crippen LogP contribution is -2.52. The van der Waals surface area contributed by atoms with E-state index in [-0.39, 0.29) is 18.6 Å². The van der Waals surface area contributed by atoms with E-state index in [4.69, 9.17) is 11.6 Å². The molecule has 1 aromatic carbocycles. The van der Waals surface area contributed by atoms with E-state index in [0.717, 1.165) is 37.3 Å². The number of carbonyl (C=O) groups excluding carboxylic acids is 1. The Kier molecular flexibility index (Phi) is 8.75. The Labute approximate surface area is 175 Å². The SMILES string of the molecule is Cc1cc(C)c(NC(=O)C(C)N2CCN(CCCOCC(F)(F)F)CC2)c(Cl)c1. The van der Waals surface area contributed by atoms with Crippen molar-refractivity contribution < 1.29 is 22.7 Å². The van der Waals surface area contributed by atoms with E-state index >= 15 is 0 Å². The first-order chi connectivity index (χ1) is 13.6. The summed E-state index contributed by atoms with van der Waals surface area (Å²) in [5.41, 5.74) is 2.61. The van der Waals surface area contributed by atoms with Crippen LogP contribution in [0.1, 0.15) is 24.5 Å². The van der Waals surface area contributed by atoms with Crippen LogP contribution in [0.3, 0.4) is 0 Å². The van der Waals surface area contributed by atoms with E-state index in [1.165, 1.54) is 0 Å². The van der Waals surface area contributed by atoms with Gasteiger partial charge in [0.1, 0.15) is 6.61 Å². The fraction of sp³-hybridized carbons (Fsp3) is 0.650. The maximum absolute atomic E-state index is 12.7. The minimum absolute atomic E-state index is 0.0925. The molecule has 2 rings (SSSR count). The summed E-state index contributed by atoms with van der Waals surface area (Å²) in [7, 11) is 0. The van der Waals surface area contributed by atoms with Crippen molar-refractivity contribution in [2.75, 3.05) is 51.3 Å². The summed E-state index contributed by atoms with van der Waals surface area (Å²) < 4.78 is 40.8. The molecule has 1 N–H and O–H groups in total. The molecule has 1 aliphatic heterocycles. The van der Waals surface area contributed by atoms with Gasteiger partial charge in [0.25, 0.3) is 0 Å². The number of amides is 1. The van der Waals surface area contributed by atoms with E-state index < -0.39 is 12.8 Å². The summed E-state index contributed by atoms with van der Waals surface area (Å²) in [4.78, 5) is 17.0. The predicted octanol–water partition coefficient (Wildman–Crippen LogP) is 3.87. The van der Waals surface area contributed by atoms with Crippen molar-refractivity contribution >= 4 is 23.2 Å². The van der Waals surface area contributed by atoms with Crippen LogP contribution in [-0.4, -0.2) is 73.9 Å². The molecule has 1 aliphatic rings. The number of rotatable bonds is 8. The van der Waals surface area contributed by atoms with Gasteiger partial charge in [0.15, 0.2) is 0 Å². The second-order valence-corrected chi connectivity index (χ2v) is 7.91. The van der Waals surface area contributed by atoms with Gasteiger partial charge in [-0.15, -0.1) is 0 Å². The summed E-state index contributed by atoms with van der Waals surface area (Å²) in [5.74, 6) is -0.104. The average molecular weight is 436 g/mol. The van der Waals surface area contributed by atoms with E-state index in [9.17, 15) is 18.0 Å². The molecule has 1 fully saturated rings. The van der Waals surface area contributed by atoms with Crippen molar-refractivity contribution in [3.8, 4) is 0 Å². The third kappa shape index (κ3) is 7.77. The second kappa shape index (κ2) is 10.6. The number of piperazine rings is 1. The zero-order chi connectivity index (χ0) is 21.6. The van der Waals surface area contributed by atoms with Crippen LogP contribution in [-0.2, 0) is 9.53 Å². The van der Waals surface area contributed by atoms with Crippen LogP contribution in [0.4, 0.5) is 18.9 Å². The predicted molar refractivity (Wildman–Crippen MR) is 109 cm³/mol. The van der Waals surface area contributed by atoms with E-state index in [1.807, 2.05) is 32.9 Å². The molecule has 1 heterocycles. The Morgan fingerprint density at radius 1 is 1.24 bits per heavy atom. The molecule has 164 valence electrons. The van der Waals surface area contributed by atoms with Crippen molar-refractivity contribution in [1.82, 2.24) is 9.80 Å². The van der Waals surface area contributed by atoms with Crippen molar-refractivity contribution in [2.24, 2.45) is 0 Å². The fourth-order valence-corrected chi connectivity index (χ4v) is 3.79. The Hall–Kier alpha value is -1.35. The highest BCUT2D eigenvalue weighted by molar-refractivity contribution is 6.34. The number of nitrogens with zero attached hydrogens (tertiary/aromatic N) is 2. The molecule has 5 nitrogen and oxygen atoms in total. The Morgan fingerprint density at radius 3 is 2.48 bits per heavy atom. The van der Waals surface area contributed by atoms with Crippen LogP contribution >= 0.6 is 11.6 Å². The molecule has 1 aromatic rings. The first-order valence-corrected chi connectivity index (χ1v) is 10.1. The number of carbonyl (C=O) groups is 1. The Bertz CT molecular complexity index is 669. The maximum atomic E-state index is 12.7. The summed E-state index contributed by atoms with van der Waals surface area (Å²) in [6, 6.07) is 3.50. The van der Waals surface area contributed by atoms with Crippen LogP contribution in [0.2, 0.25) is 5.02 Å². The van der Waals surface area contributed by atoms with Crippen molar-refractivity contribution in [2.45, 2.75) is 39.4 Å². The summed E-state index contributed by atoms with van der Waals surface area (Å²) in [5, 5.41) is 3.47. The molecule has 1 saturated heterocycles. The molecule has 1 unspecified atom stereocenters. The third-order valence-electron chi connectivity index (χ3n) is 5.04. The van der Waals surface area contributed by atoms with E-state index in [2.05, 4.69) is 19.9 Å². The van der Waals surface area contributed by atoms with Gasteiger partial charge in [-0.05, 0) is 44.4 Å². The summed E-state index contributed by atoms with van der Waals surface area (Å²) >= 11 is 6.28. The van der Waals surface area contributed by atoms with Gasteiger partial charge in [0.2, 0.25) is 5.91 Å². The number of aryl methyl sites for hydroxylation is 2. The first-order valence-electron chi connectivity index (χ1n) is 9.75. The largest absolute Gasteiger partial charge is 0.411 e. The van der Waals surface area contributed by atoms with Crippen LogP contribution in [0, 0.1) is 13.8 Å². The van der Waals surface area contributed by atoms with Crippen LogP contribution in [0.5, 0.6) is 0 Å². The molecular formula is C20H29ClF3N3O2. The number of ether oxygens (including phenoxy) is 1. The minimum atomic E-state index is -4.27. The van der Waals surface area contributed by atoms with Crippen molar-refractivity contribution in [3.05, 3.63) is 28.3 Å². The Morgan fingerprint density at radius 2 is 1.90 bits per heavy atom. The lowest BCUT2D eigenvalue weighted by molar-refractivity contribution is -0.174. The topological polar surface area (TPSA) is 44.8 Å². The van der Waals surface area contributed by atoms with Crippen LogP contribution in [0.15, 0.2) is 12.1 Å². The van der Waals surface area contributed by atoms with Crippen LogP contribution in [0.25, 0.3) is 0 Å². The molecule has 9 heteroatoms. The molecule has 0 aliphatic carbocycles. The number of nitrogens with one attached hydrogen (secondary N) is 1. The number of benzene rings is 1. The number of alkyl halides is 3. The lowest BCUT2D eigenvalue weighted by atomic mass is 10.1. The molecule has 1 atom stereocenters. The van der Waals surface area contributed by atoms with Crippen molar-refractivity contribution in [3.63, 3.8) is 0 Å². The highest BCUT2D eigenvalue weighted by Gasteiger charge is 2.28. The van der Waals surface area contributed by atoms with Gasteiger partial charge in [-0.2, -0.15) is 13.2 Å². The van der Waals surface area contributed by atoms with Crippen LogP contribution < -0.4 is 5.32 Å². The highest BCUT2D eigenvalue weighted by atomic mass is 35.5. The fourth-order valence-electron chi connectivity index (χ4n) is 3.42. The van der Waals surface area contributed by atoms with Gasteiger partial charge in [0.05, 0.1) is 16.8 Å². The van der Waals surface area contributed by atoms with Gasteiger partial charge in [0, 0.05) is 39.3 Å². The van der Waals surface area contributed by atoms with Crippen molar-refractivity contribution in [1.29, 1.82) is 0 Å². The number of halogens is 4. The molecule has 0 bridgehead atoms. The standard InChI is InChI=1S/C20H29ClF3N3O2/c1-14-11-15(2)18(17(21)12-14)25-19(28)16(3)27-8-6-26(7-9-27)5-4-10-29-13-20(22,23)24/h11-12,16H,4-10,13H2,1-3H3,(H,25,28). The zero-order valence-corrected chi connectivity index (χ0v) is 17.9. The maximum Gasteiger partial charge on any atom is 0.411 e. The lowest BCUT2D eigenvalue weighted by Gasteiger charge is -2.37. The molecule has 0 aromatic heterocycles. The van der Waals surface area contributed by atoms with Gasteiger partial charge >= 0.3 is 6.18 Å². The molecule has 0 spiro atoms. The normalized spacial score (nSPS) is 17.3. The number of hydrogen-bond donors (Lipinski definition) is 1. The van der Waals surface area contributed by atoms with Gasteiger partial charge in [-0.3, -0.25) is 9.69 Å². The van der Waals surface area contributed by atoms with Gasteiger partial charge < -0.3 is 15.0 Å².